The average Bonchev–Trinajstić information content (AvgIpc) is 2.40. The van der Waals surface area contributed by atoms with Crippen molar-refractivity contribution >= 4 is 11.6 Å². The summed E-state index contributed by atoms with van der Waals surface area (Å²) in [7, 11) is 0. The highest BCUT2D eigenvalue weighted by atomic mass is 35.5. The van der Waals surface area contributed by atoms with E-state index < -0.39 is 17.8 Å². The first-order valence-corrected chi connectivity index (χ1v) is 6.19. The number of aliphatic hydroxyl groups excluding tert-OH is 1. The zero-order valence-corrected chi connectivity index (χ0v) is 11.0. The summed E-state index contributed by atoms with van der Waals surface area (Å²) < 4.78 is 38.5. The van der Waals surface area contributed by atoms with E-state index >= 15 is 0 Å². The molecule has 1 heterocycles. The van der Waals surface area contributed by atoms with Crippen LogP contribution in [0.15, 0.2) is 42.7 Å². The number of hydrogen-bond acceptors (Lipinski definition) is 2. The number of halogens is 4. The standard InChI is InChI=1S/C14H11ClF3NO/c15-10-3-1-9(2-4-10)7-13(20)11-8-19-6-5-12(11)14(16,17)18/h1-6,8,13,20H,7H2. The molecular formula is C14H11ClF3NO. The lowest BCUT2D eigenvalue weighted by Gasteiger charge is -2.17. The van der Waals surface area contributed by atoms with Gasteiger partial charge in [0.15, 0.2) is 0 Å². The van der Waals surface area contributed by atoms with Crippen molar-refractivity contribution in [1.82, 2.24) is 4.98 Å². The van der Waals surface area contributed by atoms with Crippen molar-refractivity contribution in [3.63, 3.8) is 0 Å². The van der Waals surface area contributed by atoms with Crippen LogP contribution in [0.2, 0.25) is 5.02 Å². The molecule has 0 saturated carbocycles. The molecule has 6 heteroatoms. The summed E-state index contributed by atoms with van der Waals surface area (Å²) in [5, 5.41) is 10.5. The zero-order valence-electron chi connectivity index (χ0n) is 10.2. The molecule has 0 bridgehead atoms. The Balaban J connectivity index is 2.25. The molecule has 0 aliphatic rings. The van der Waals surface area contributed by atoms with E-state index in [2.05, 4.69) is 4.98 Å². The van der Waals surface area contributed by atoms with Gasteiger partial charge in [0.25, 0.3) is 0 Å². The second kappa shape index (κ2) is 5.81. The zero-order chi connectivity index (χ0) is 14.8. The minimum atomic E-state index is -4.51. The topological polar surface area (TPSA) is 33.1 Å². The number of aliphatic hydroxyl groups is 1. The van der Waals surface area contributed by atoms with E-state index in [-0.39, 0.29) is 12.0 Å². The lowest BCUT2D eigenvalue weighted by Crippen LogP contribution is -2.13. The van der Waals surface area contributed by atoms with Crippen LogP contribution in [0.3, 0.4) is 0 Å². The lowest BCUT2D eigenvalue weighted by atomic mass is 9.99. The van der Waals surface area contributed by atoms with Crippen LogP contribution in [-0.2, 0) is 12.6 Å². The highest BCUT2D eigenvalue weighted by Crippen LogP contribution is 2.34. The van der Waals surface area contributed by atoms with E-state index in [0.29, 0.717) is 10.6 Å². The highest BCUT2D eigenvalue weighted by molar-refractivity contribution is 6.30. The van der Waals surface area contributed by atoms with Crippen LogP contribution in [0.5, 0.6) is 0 Å². The molecule has 2 rings (SSSR count). The van der Waals surface area contributed by atoms with E-state index in [1.807, 2.05) is 0 Å². The van der Waals surface area contributed by atoms with Gasteiger partial charge in [0.1, 0.15) is 0 Å². The quantitative estimate of drug-likeness (QED) is 0.928. The van der Waals surface area contributed by atoms with Crippen molar-refractivity contribution in [3.8, 4) is 0 Å². The average molecular weight is 302 g/mol. The van der Waals surface area contributed by atoms with Gasteiger partial charge in [0, 0.05) is 29.4 Å². The first-order valence-electron chi connectivity index (χ1n) is 5.81. The van der Waals surface area contributed by atoms with Gasteiger partial charge < -0.3 is 5.11 Å². The van der Waals surface area contributed by atoms with Crippen molar-refractivity contribution < 1.29 is 18.3 Å². The van der Waals surface area contributed by atoms with Gasteiger partial charge in [-0.1, -0.05) is 23.7 Å². The summed E-state index contributed by atoms with van der Waals surface area (Å²) in [4.78, 5) is 3.65. The normalized spacial score (nSPS) is 13.2. The van der Waals surface area contributed by atoms with Crippen LogP contribution in [0.1, 0.15) is 22.8 Å². The number of alkyl halides is 3. The third-order valence-electron chi connectivity index (χ3n) is 2.86. The Morgan fingerprint density at radius 3 is 2.40 bits per heavy atom. The molecule has 1 unspecified atom stereocenters. The third kappa shape index (κ3) is 3.49. The maximum Gasteiger partial charge on any atom is 0.416 e. The molecule has 0 radical (unpaired) electrons. The fraction of sp³-hybridized carbons (Fsp3) is 0.214. The largest absolute Gasteiger partial charge is 0.416 e. The lowest BCUT2D eigenvalue weighted by molar-refractivity contribution is -0.139. The summed E-state index contributed by atoms with van der Waals surface area (Å²) in [6.07, 6.45) is -3.63. The van der Waals surface area contributed by atoms with Crippen molar-refractivity contribution in [2.24, 2.45) is 0 Å². The molecule has 106 valence electrons. The molecule has 0 amide bonds. The number of nitrogens with zero attached hydrogens (tertiary/aromatic N) is 1. The number of pyridine rings is 1. The van der Waals surface area contributed by atoms with Gasteiger partial charge in [-0.15, -0.1) is 0 Å². The molecule has 0 spiro atoms. The van der Waals surface area contributed by atoms with Crippen LogP contribution in [0.25, 0.3) is 0 Å². The maximum atomic E-state index is 12.8. The summed E-state index contributed by atoms with van der Waals surface area (Å²) in [5.74, 6) is 0. The predicted molar refractivity (Wildman–Crippen MR) is 69.4 cm³/mol. The number of aromatic nitrogens is 1. The molecule has 1 N–H and O–H groups in total. The third-order valence-corrected chi connectivity index (χ3v) is 3.11. The van der Waals surface area contributed by atoms with E-state index in [1.54, 1.807) is 24.3 Å². The first kappa shape index (κ1) is 14.8. The van der Waals surface area contributed by atoms with Crippen molar-refractivity contribution in [2.45, 2.75) is 18.7 Å². The number of hydrogen-bond donors (Lipinski definition) is 1. The molecule has 0 aliphatic carbocycles. The Morgan fingerprint density at radius 1 is 1.15 bits per heavy atom. The Labute approximate surface area is 118 Å². The van der Waals surface area contributed by atoms with Gasteiger partial charge in [-0.25, -0.2) is 0 Å². The Morgan fingerprint density at radius 2 is 1.80 bits per heavy atom. The number of benzene rings is 1. The molecule has 2 aromatic rings. The van der Waals surface area contributed by atoms with Gasteiger partial charge in [-0.2, -0.15) is 13.2 Å². The predicted octanol–water partition coefficient (Wildman–Crippen LogP) is 4.03. The smallest absolute Gasteiger partial charge is 0.388 e. The van der Waals surface area contributed by atoms with Gasteiger partial charge >= 0.3 is 6.18 Å². The molecular weight excluding hydrogens is 291 g/mol. The van der Waals surface area contributed by atoms with Crippen LogP contribution in [0, 0.1) is 0 Å². The van der Waals surface area contributed by atoms with Crippen molar-refractivity contribution in [3.05, 3.63) is 64.4 Å². The summed E-state index contributed by atoms with van der Waals surface area (Å²) >= 11 is 5.73. The van der Waals surface area contributed by atoms with Crippen molar-refractivity contribution in [2.75, 3.05) is 0 Å². The fourth-order valence-electron chi connectivity index (χ4n) is 1.88. The molecule has 0 fully saturated rings. The Hall–Kier alpha value is -1.59. The minimum Gasteiger partial charge on any atom is -0.388 e. The molecule has 1 aromatic carbocycles. The Kier molecular flexibility index (Phi) is 4.30. The van der Waals surface area contributed by atoms with Gasteiger partial charge in [-0.05, 0) is 23.8 Å². The number of rotatable bonds is 3. The van der Waals surface area contributed by atoms with E-state index in [4.69, 9.17) is 11.6 Å². The monoisotopic (exact) mass is 301 g/mol. The molecule has 0 saturated heterocycles. The minimum absolute atomic E-state index is 0.0615. The maximum absolute atomic E-state index is 12.8. The van der Waals surface area contributed by atoms with E-state index in [0.717, 1.165) is 18.5 Å². The summed E-state index contributed by atoms with van der Waals surface area (Å²) in [6, 6.07) is 7.43. The van der Waals surface area contributed by atoms with Crippen LogP contribution >= 0.6 is 11.6 Å². The SMILES string of the molecule is OC(Cc1ccc(Cl)cc1)c1cnccc1C(F)(F)F. The fourth-order valence-corrected chi connectivity index (χ4v) is 2.01. The van der Waals surface area contributed by atoms with E-state index in [1.165, 1.54) is 0 Å². The molecule has 2 nitrogen and oxygen atoms in total. The second-order valence-electron chi connectivity index (χ2n) is 4.31. The summed E-state index contributed by atoms with van der Waals surface area (Å²) in [6.45, 7) is 0. The second-order valence-corrected chi connectivity index (χ2v) is 4.74. The molecule has 20 heavy (non-hydrogen) atoms. The van der Waals surface area contributed by atoms with Gasteiger partial charge in [-0.3, -0.25) is 4.98 Å². The Bertz CT molecular complexity index is 584. The molecule has 0 aliphatic heterocycles. The first-order chi connectivity index (χ1) is 9.38. The molecule has 1 aromatic heterocycles. The summed E-state index contributed by atoms with van der Waals surface area (Å²) in [5.41, 5.74) is -0.400. The van der Waals surface area contributed by atoms with Crippen LogP contribution < -0.4 is 0 Å². The van der Waals surface area contributed by atoms with Gasteiger partial charge in [0.2, 0.25) is 0 Å². The highest BCUT2D eigenvalue weighted by Gasteiger charge is 2.34. The molecule has 1 atom stereocenters. The van der Waals surface area contributed by atoms with E-state index in [9.17, 15) is 18.3 Å². The van der Waals surface area contributed by atoms with Gasteiger partial charge in [0.05, 0.1) is 11.7 Å². The van der Waals surface area contributed by atoms with Crippen LogP contribution in [0.4, 0.5) is 13.2 Å². The van der Waals surface area contributed by atoms with Crippen LogP contribution in [-0.4, -0.2) is 10.1 Å². The van der Waals surface area contributed by atoms with Crippen molar-refractivity contribution in [1.29, 1.82) is 0 Å².